The van der Waals surface area contributed by atoms with Crippen molar-refractivity contribution < 1.29 is 0 Å². The molecular weight excluding hydrogens is 260 g/mol. The van der Waals surface area contributed by atoms with Gasteiger partial charge in [0.05, 0.1) is 0 Å². The number of nitrogens with two attached hydrogens (primary N) is 1. The van der Waals surface area contributed by atoms with Crippen LogP contribution in [0.3, 0.4) is 0 Å². The Labute approximate surface area is 129 Å². The molecule has 0 bridgehead atoms. The first-order valence-corrected chi connectivity index (χ1v) is 8.07. The molecule has 4 nitrogen and oxygen atoms in total. The summed E-state index contributed by atoms with van der Waals surface area (Å²) in [4.78, 5) is 11.6. The smallest absolute Gasteiger partial charge is 0.138 e. The van der Waals surface area contributed by atoms with E-state index in [0.29, 0.717) is 11.9 Å². The third-order valence-electron chi connectivity index (χ3n) is 4.70. The fraction of sp³-hybridized carbons (Fsp3) is 0.765. The molecule has 1 heterocycles. The van der Waals surface area contributed by atoms with Crippen molar-refractivity contribution in [2.24, 2.45) is 5.92 Å². The zero-order valence-electron chi connectivity index (χ0n) is 14.4. The molecule has 1 saturated carbocycles. The number of hydrogen-bond donors (Lipinski definition) is 1. The van der Waals surface area contributed by atoms with Gasteiger partial charge in [-0.25, -0.2) is 9.97 Å². The maximum atomic E-state index is 6.13. The Morgan fingerprint density at radius 3 is 2.19 bits per heavy atom. The summed E-state index contributed by atoms with van der Waals surface area (Å²) in [6.07, 6.45) is 5.10. The van der Waals surface area contributed by atoms with Crippen molar-refractivity contribution in [3.63, 3.8) is 0 Å². The molecule has 0 aromatic carbocycles. The molecule has 0 atom stereocenters. The molecule has 118 valence electrons. The molecule has 0 unspecified atom stereocenters. The molecule has 0 saturated heterocycles. The van der Waals surface area contributed by atoms with Crippen LogP contribution in [0.4, 0.5) is 11.6 Å². The molecule has 1 aromatic heterocycles. The van der Waals surface area contributed by atoms with Gasteiger partial charge < -0.3 is 10.6 Å². The lowest BCUT2D eigenvalue weighted by Crippen LogP contribution is -2.36. The lowest BCUT2D eigenvalue weighted by molar-refractivity contribution is 0.339. The van der Waals surface area contributed by atoms with Crippen LogP contribution in [0.5, 0.6) is 0 Å². The van der Waals surface area contributed by atoms with Gasteiger partial charge in [-0.2, -0.15) is 0 Å². The Bertz CT molecular complexity index is 496. The second-order valence-corrected chi connectivity index (χ2v) is 7.66. The third kappa shape index (κ3) is 3.47. The van der Waals surface area contributed by atoms with Crippen LogP contribution in [0.25, 0.3) is 0 Å². The topological polar surface area (TPSA) is 55.0 Å². The van der Waals surface area contributed by atoms with Crippen molar-refractivity contribution in [3.8, 4) is 0 Å². The molecule has 1 aliphatic rings. The van der Waals surface area contributed by atoms with Crippen molar-refractivity contribution in [2.45, 2.75) is 71.8 Å². The van der Waals surface area contributed by atoms with Crippen molar-refractivity contribution in [2.75, 3.05) is 17.7 Å². The van der Waals surface area contributed by atoms with Crippen molar-refractivity contribution in [3.05, 3.63) is 11.4 Å². The average Bonchev–Trinajstić information content (AvgIpc) is 2.40. The number of nitrogens with zero attached hydrogens (tertiary/aromatic N) is 3. The highest BCUT2D eigenvalue weighted by Crippen LogP contribution is 2.32. The summed E-state index contributed by atoms with van der Waals surface area (Å²) in [6.45, 7) is 10.8. The summed E-state index contributed by atoms with van der Waals surface area (Å²) < 4.78 is 0. The second kappa shape index (κ2) is 5.82. The maximum absolute atomic E-state index is 6.13. The summed E-state index contributed by atoms with van der Waals surface area (Å²) in [5, 5.41) is 0. The van der Waals surface area contributed by atoms with Crippen molar-refractivity contribution >= 4 is 11.6 Å². The van der Waals surface area contributed by atoms with Gasteiger partial charge in [-0.3, -0.25) is 0 Å². The van der Waals surface area contributed by atoms with E-state index in [4.69, 9.17) is 10.7 Å². The third-order valence-corrected chi connectivity index (χ3v) is 4.70. The highest BCUT2D eigenvalue weighted by atomic mass is 15.2. The number of anilines is 2. The zero-order chi connectivity index (χ0) is 15.8. The standard InChI is InChI=1S/C17H30N4/c1-11-7-9-13(10-8-11)21(6)15-12(2)14(18)19-16(20-15)17(3,4)5/h11,13H,7-10H2,1-6H3,(H2,18,19,20). The van der Waals surface area contributed by atoms with Crippen LogP contribution < -0.4 is 10.6 Å². The minimum Gasteiger partial charge on any atom is -0.383 e. The Morgan fingerprint density at radius 1 is 1.10 bits per heavy atom. The largest absolute Gasteiger partial charge is 0.383 e. The van der Waals surface area contributed by atoms with E-state index in [-0.39, 0.29) is 5.41 Å². The van der Waals surface area contributed by atoms with Crippen LogP contribution in [-0.4, -0.2) is 23.1 Å². The Hall–Kier alpha value is -1.32. The summed E-state index contributed by atoms with van der Waals surface area (Å²) in [5.41, 5.74) is 7.05. The van der Waals surface area contributed by atoms with Gasteiger partial charge in [0.15, 0.2) is 0 Å². The maximum Gasteiger partial charge on any atom is 0.138 e. The Kier molecular flexibility index (Phi) is 4.45. The molecule has 0 spiro atoms. The number of hydrogen-bond acceptors (Lipinski definition) is 4. The minimum atomic E-state index is -0.0848. The van der Waals surface area contributed by atoms with Crippen LogP contribution in [0.15, 0.2) is 0 Å². The van der Waals surface area contributed by atoms with Crippen LogP contribution in [0.1, 0.15) is 64.8 Å². The Balaban J connectivity index is 2.31. The van der Waals surface area contributed by atoms with Crippen LogP contribution >= 0.6 is 0 Å². The fourth-order valence-electron chi connectivity index (χ4n) is 3.00. The van der Waals surface area contributed by atoms with Gasteiger partial charge in [0.25, 0.3) is 0 Å². The molecule has 1 aromatic rings. The predicted molar refractivity (Wildman–Crippen MR) is 89.7 cm³/mol. The number of nitrogen functional groups attached to an aromatic ring is 1. The first-order chi connectivity index (χ1) is 9.70. The highest BCUT2D eigenvalue weighted by molar-refractivity contribution is 5.57. The molecule has 4 heteroatoms. The molecule has 1 fully saturated rings. The lowest BCUT2D eigenvalue weighted by atomic mass is 9.86. The minimum absolute atomic E-state index is 0.0848. The van der Waals surface area contributed by atoms with Crippen molar-refractivity contribution in [1.29, 1.82) is 0 Å². The van der Waals surface area contributed by atoms with Gasteiger partial charge >= 0.3 is 0 Å². The summed E-state index contributed by atoms with van der Waals surface area (Å²) in [7, 11) is 2.15. The summed E-state index contributed by atoms with van der Waals surface area (Å²) in [6, 6.07) is 0.571. The molecule has 21 heavy (non-hydrogen) atoms. The van der Waals surface area contributed by atoms with Crippen LogP contribution in [-0.2, 0) is 5.41 Å². The summed E-state index contributed by atoms with van der Waals surface area (Å²) in [5.74, 6) is 3.31. The van der Waals surface area contributed by atoms with E-state index in [0.717, 1.165) is 23.1 Å². The first kappa shape index (κ1) is 16.1. The molecule has 2 N–H and O–H groups in total. The molecular formula is C17H30N4. The van der Waals surface area contributed by atoms with E-state index in [2.05, 4.69) is 44.6 Å². The van der Waals surface area contributed by atoms with Gasteiger partial charge in [0.2, 0.25) is 0 Å². The molecule has 1 aliphatic carbocycles. The number of rotatable bonds is 2. The van der Waals surface area contributed by atoms with E-state index in [1.54, 1.807) is 0 Å². The summed E-state index contributed by atoms with van der Waals surface area (Å²) >= 11 is 0. The Morgan fingerprint density at radius 2 is 1.67 bits per heavy atom. The van der Waals surface area contributed by atoms with Gasteiger partial charge in [0.1, 0.15) is 17.5 Å². The van der Waals surface area contributed by atoms with Gasteiger partial charge in [-0.05, 0) is 38.5 Å². The van der Waals surface area contributed by atoms with Gasteiger partial charge in [-0.15, -0.1) is 0 Å². The first-order valence-electron chi connectivity index (χ1n) is 8.07. The van der Waals surface area contributed by atoms with E-state index in [9.17, 15) is 0 Å². The number of aromatic nitrogens is 2. The average molecular weight is 290 g/mol. The van der Waals surface area contributed by atoms with Crippen molar-refractivity contribution in [1.82, 2.24) is 9.97 Å². The van der Waals surface area contributed by atoms with Crippen LogP contribution in [0.2, 0.25) is 0 Å². The van der Waals surface area contributed by atoms with E-state index < -0.39 is 0 Å². The molecule has 2 rings (SSSR count). The molecule has 0 aliphatic heterocycles. The van der Waals surface area contributed by atoms with E-state index >= 15 is 0 Å². The zero-order valence-corrected chi connectivity index (χ0v) is 14.4. The lowest BCUT2D eigenvalue weighted by Gasteiger charge is -2.35. The second-order valence-electron chi connectivity index (χ2n) is 7.66. The monoisotopic (exact) mass is 290 g/mol. The fourth-order valence-corrected chi connectivity index (χ4v) is 3.00. The SMILES string of the molecule is Cc1c(N)nc(C(C)(C)C)nc1N(C)C1CCC(C)CC1. The van der Waals surface area contributed by atoms with E-state index in [1.165, 1.54) is 25.7 Å². The predicted octanol–water partition coefficient (Wildman–Crippen LogP) is 3.68. The highest BCUT2D eigenvalue weighted by Gasteiger charge is 2.26. The normalized spacial score (nSPS) is 23.1. The van der Waals surface area contributed by atoms with Gasteiger partial charge in [0, 0.05) is 24.1 Å². The molecule has 0 radical (unpaired) electrons. The van der Waals surface area contributed by atoms with Crippen LogP contribution in [0, 0.1) is 12.8 Å². The quantitative estimate of drug-likeness (QED) is 0.902. The van der Waals surface area contributed by atoms with Gasteiger partial charge in [-0.1, -0.05) is 27.7 Å². The molecule has 0 amide bonds. The van der Waals surface area contributed by atoms with E-state index in [1.807, 2.05) is 6.92 Å².